The van der Waals surface area contributed by atoms with Crippen LogP contribution < -0.4 is 10.2 Å². The van der Waals surface area contributed by atoms with Gasteiger partial charge in [-0.2, -0.15) is 0 Å². The molecule has 3 aromatic rings. The zero-order valence-electron chi connectivity index (χ0n) is 13.0. The maximum absolute atomic E-state index is 14.2. The molecule has 26 heavy (non-hydrogen) atoms. The molecule has 9 heteroatoms. The molecule has 5 nitrogen and oxygen atoms in total. The van der Waals surface area contributed by atoms with Gasteiger partial charge in [0.05, 0.1) is 22.8 Å². The smallest absolute Gasteiger partial charge is 0.449 e. The topological polar surface area (TPSA) is 68.5 Å². The summed E-state index contributed by atoms with van der Waals surface area (Å²) in [6.07, 6.45) is -1.01. The van der Waals surface area contributed by atoms with Gasteiger partial charge in [0.2, 0.25) is 5.43 Å². The van der Waals surface area contributed by atoms with Crippen molar-refractivity contribution in [2.45, 2.75) is 6.92 Å². The number of hydrogen-bond donors (Lipinski definition) is 1. The molecule has 1 heterocycles. The van der Waals surface area contributed by atoms with Crippen molar-refractivity contribution in [3.05, 3.63) is 69.5 Å². The number of rotatable bonds is 2. The highest BCUT2D eigenvalue weighted by molar-refractivity contribution is 5.86. The van der Waals surface area contributed by atoms with Gasteiger partial charge in [0.25, 0.3) is 0 Å². The fourth-order valence-corrected chi connectivity index (χ4v) is 2.62. The largest absolute Gasteiger partial charge is 0.511 e. The number of benzene rings is 2. The van der Waals surface area contributed by atoms with Gasteiger partial charge in [0.1, 0.15) is 11.6 Å². The van der Waals surface area contributed by atoms with E-state index in [2.05, 4.69) is 4.74 Å². The van der Waals surface area contributed by atoms with Crippen LogP contribution in [0.25, 0.3) is 16.6 Å². The van der Waals surface area contributed by atoms with Crippen molar-refractivity contribution in [3.8, 4) is 11.4 Å². The number of aryl methyl sites for hydroxylation is 1. The van der Waals surface area contributed by atoms with E-state index in [4.69, 9.17) is 5.11 Å². The number of pyridine rings is 1. The Bertz CT molecular complexity index is 1120. The third-order valence-corrected chi connectivity index (χ3v) is 3.76. The first-order valence-corrected chi connectivity index (χ1v) is 7.11. The lowest BCUT2D eigenvalue weighted by Crippen LogP contribution is -2.18. The average Bonchev–Trinajstić information content (AvgIpc) is 2.55. The van der Waals surface area contributed by atoms with E-state index in [-0.39, 0.29) is 11.2 Å². The minimum atomic E-state index is -1.83. The number of aromatic nitrogens is 1. The maximum atomic E-state index is 14.2. The number of carboxylic acid groups (broad SMARTS) is 1. The van der Waals surface area contributed by atoms with Gasteiger partial charge >= 0.3 is 6.16 Å². The second-order valence-electron chi connectivity index (χ2n) is 5.35. The zero-order valence-corrected chi connectivity index (χ0v) is 13.0. The van der Waals surface area contributed by atoms with Gasteiger partial charge in [-0.1, -0.05) is 0 Å². The molecule has 0 unspecified atom stereocenters. The highest BCUT2D eigenvalue weighted by atomic mass is 19.2. The number of carbonyl (C=O) groups is 1. The highest BCUT2D eigenvalue weighted by Crippen LogP contribution is 2.27. The van der Waals surface area contributed by atoms with E-state index in [1.165, 1.54) is 0 Å². The molecule has 0 amide bonds. The minimum absolute atomic E-state index is 0.241. The van der Waals surface area contributed by atoms with Crippen LogP contribution >= 0.6 is 0 Å². The predicted octanol–water partition coefficient (Wildman–Crippen LogP) is 3.91. The zero-order chi connectivity index (χ0) is 19.2. The van der Waals surface area contributed by atoms with Crippen LogP contribution in [0.2, 0.25) is 0 Å². The third-order valence-electron chi connectivity index (χ3n) is 3.76. The molecule has 134 valence electrons. The fraction of sp³-hybridized carbons (Fsp3) is 0.0588. The average molecular weight is 367 g/mol. The normalized spacial score (nSPS) is 11.0. The molecule has 0 saturated heterocycles. The van der Waals surface area contributed by atoms with Crippen molar-refractivity contribution in [2.24, 2.45) is 0 Å². The van der Waals surface area contributed by atoms with Crippen molar-refractivity contribution in [2.75, 3.05) is 0 Å². The number of nitrogens with zero attached hydrogens (tertiary/aromatic N) is 1. The molecule has 0 atom stereocenters. The number of ether oxygens (including phenoxy) is 1. The molecule has 1 aromatic heterocycles. The van der Waals surface area contributed by atoms with Crippen molar-refractivity contribution < 1.29 is 32.2 Å². The van der Waals surface area contributed by atoms with Crippen LogP contribution in [0, 0.1) is 30.2 Å². The molecule has 0 aliphatic heterocycles. The van der Waals surface area contributed by atoms with E-state index in [1.807, 2.05) is 0 Å². The van der Waals surface area contributed by atoms with Crippen molar-refractivity contribution >= 4 is 17.1 Å². The van der Waals surface area contributed by atoms with Crippen molar-refractivity contribution in [3.63, 3.8) is 0 Å². The molecular weight excluding hydrogens is 358 g/mol. The van der Waals surface area contributed by atoms with E-state index in [0.29, 0.717) is 12.1 Å². The lowest BCUT2D eigenvalue weighted by Gasteiger charge is -2.15. The summed E-state index contributed by atoms with van der Waals surface area (Å²) < 4.78 is 60.3. The summed E-state index contributed by atoms with van der Waals surface area (Å²) in [6, 6.07) is 3.11. The van der Waals surface area contributed by atoms with Crippen LogP contribution in [0.15, 0.2) is 35.3 Å². The molecule has 1 N–H and O–H groups in total. The Morgan fingerprint density at radius 3 is 2.42 bits per heavy atom. The van der Waals surface area contributed by atoms with Crippen LogP contribution in [0.1, 0.15) is 5.56 Å². The number of halogens is 4. The Morgan fingerprint density at radius 1 is 1.12 bits per heavy atom. The molecule has 0 fully saturated rings. The maximum Gasteiger partial charge on any atom is 0.511 e. The summed E-state index contributed by atoms with van der Waals surface area (Å²) in [5, 5.41) is 8.36. The number of hydrogen-bond acceptors (Lipinski definition) is 3. The van der Waals surface area contributed by atoms with E-state index in [1.54, 1.807) is 0 Å². The van der Waals surface area contributed by atoms with Crippen LogP contribution in [-0.4, -0.2) is 15.8 Å². The molecule has 0 aliphatic rings. The van der Waals surface area contributed by atoms with Gasteiger partial charge in [-0.15, -0.1) is 0 Å². The molecule has 0 aliphatic carbocycles. The Kier molecular flexibility index (Phi) is 4.15. The summed E-state index contributed by atoms with van der Waals surface area (Å²) >= 11 is 0. The van der Waals surface area contributed by atoms with Gasteiger partial charge in [-0.05, 0) is 19.1 Å². The van der Waals surface area contributed by atoms with Crippen LogP contribution in [0.5, 0.6) is 5.75 Å². The molecule has 3 rings (SSSR count). The first-order valence-electron chi connectivity index (χ1n) is 7.11. The molecule has 0 radical (unpaired) electrons. The summed E-state index contributed by atoms with van der Waals surface area (Å²) in [4.78, 5) is 23.2. The van der Waals surface area contributed by atoms with Gasteiger partial charge in [0.15, 0.2) is 17.4 Å². The van der Waals surface area contributed by atoms with E-state index in [0.717, 1.165) is 29.8 Å². The van der Waals surface area contributed by atoms with Crippen LogP contribution in [0.4, 0.5) is 22.4 Å². The Hall–Kier alpha value is -3.36. The summed E-state index contributed by atoms with van der Waals surface area (Å²) in [7, 11) is 0. The van der Waals surface area contributed by atoms with E-state index >= 15 is 0 Å². The molecule has 0 saturated carbocycles. The second kappa shape index (κ2) is 6.17. The summed E-state index contributed by atoms with van der Waals surface area (Å²) in [5.41, 5.74) is -1.98. The van der Waals surface area contributed by atoms with Crippen LogP contribution in [-0.2, 0) is 0 Å². The van der Waals surface area contributed by atoms with Gasteiger partial charge in [0, 0.05) is 17.7 Å². The van der Waals surface area contributed by atoms with Crippen LogP contribution in [0.3, 0.4) is 0 Å². The van der Waals surface area contributed by atoms with Crippen molar-refractivity contribution in [1.29, 1.82) is 0 Å². The lowest BCUT2D eigenvalue weighted by molar-refractivity contribution is 0.144. The van der Waals surface area contributed by atoms with Gasteiger partial charge in [-0.25, -0.2) is 22.4 Å². The molecule has 0 bridgehead atoms. The number of fused-ring (bicyclic) bond motifs is 1. The van der Waals surface area contributed by atoms with Gasteiger partial charge < -0.3 is 14.4 Å². The Labute approximate surface area is 142 Å². The highest BCUT2D eigenvalue weighted by Gasteiger charge is 2.21. The molecule has 2 aromatic carbocycles. The predicted molar refractivity (Wildman–Crippen MR) is 82.8 cm³/mol. The third kappa shape index (κ3) is 2.77. The van der Waals surface area contributed by atoms with E-state index < -0.39 is 51.6 Å². The summed E-state index contributed by atoms with van der Waals surface area (Å²) in [5.74, 6) is -5.31. The summed E-state index contributed by atoms with van der Waals surface area (Å²) in [6.45, 7) is 1.11. The van der Waals surface area contributed by atoms with Gasteiger partial charge in [-0.3, -0.25) is 4.79 Å². The monoisotopic (exact) mass is 367 g/mol. The quantitative estimate of drug-likeness (QED) is 0.551. The van der Waals surface area contributed by atoms with E-state index in [9.17, 15) is 27.2 Å². The first kappa shape index (κ1) is 17.5. The Morgan fingerprint density at radius 2 is 1.81 bits per heavy atom. The fourth-order valence-electron chi connectivity index (χ4n) is 2.62. The Balaban J connectivity index is 2.50. The second-order valence-corrected chi connectivity index (χ2v) is 5.35. The molecular formula is C17H9F4NO4. The standard InChI is InChI=1S/C17H9F4NO4/c1-7-14-12(5-10(20)15(7)21)22(6-13(16(14)23)26-17(24)25)11-3-2-8(18)4-9(11)19/h2-6H,1H3,(H,24,25). The van der Waals surface area contributed by atoms with Crippen molar-refractivity contribution in [1.82, 2.24) is 4.57 Å². The lowest BCUT2D eigenvalue weighted by atomic mass is 10.1. The first-order chi connectivity index (χ1) is 12.2. The molecule has 0 spiro atoms. The SMILES string of the molecule is Cc1c(F)c(F)cc2c1c(=O)c(OC(=O)O)cn2-c1ccc(F)cc1F. The minimum Gasteiger partial charge on any atom is -0.449 e.